The van der Waals surface area contributed by atoms with Crippen molar-refractivity contribution in [2.24, 2.45) is 0 Å². The predicted octanol–water partition coefficient (Wildman–Crippen LogP) is 0.842. The van der Waals surface area contributed by atoms with E-state index in [2.05, 4.69) is 4.74 Å². The number of ether oxygens (including phenoxy) is 1. The highest BCUT2D eigenvalue weighted by molar-refractivity contribution is 6.06. The zero-order valence-corrected chi connectivity index (χ0v) is 9.47. The highest BCUT2D eigenvalue weighted by Gasteiger charge is 2.21. The molecule has 0 heterocycles. The minimum absolute atomic E-state index is 0.0986. The molecule has 7 nitrogen and oxygen atoms in total. The summed E-state index contributed by atoms with van der Waals surface area (Å²) in [7, 11) is 0. The first-order valence-corrected chi connectivity index (χ1v) is 4.95. The maximum absolute atomic E-state index is 11.5. The molecule has 96 valence electrons. The summed E-state index contributed by atoms with van der Waals surface area (Å²) in [6, 6.07) is 1.83. The number of carbonyl (C=O) groups is 3. The Balaban J connectivity index is 3.41. The molecule has 0 spiro atoms. The first kappa shape index (κ1) is 13.5. The Hall–Kier alpha value is -2.57. The highest BCUT2D eigenvalue weighted by atomic mass is 16.5. The summed E-state index contributed by atoms with van der Waals surface area (Å²) in [5.74, 6) is -3.69. The molecular weight excluding hydrogens is 242 g/mol. The zero-order chi connectivity index (χ0) is 13.9. The molecule has 0 saturated heterocycles. The highest BCUT2D eigenvalue weighted by Crippen LogP contribution is 2.20. The van der Waals surface area contributed by atoms with E-state index in [-0.39, 0.29) is 17.9 Å². The van der Waals surface area contributed by atoms with Crippen LogP contribution in [0.15, 0.2) is 12.1 Å². The van der Waals surface area contributed by atoms with Gasteiger partial charge in [-0.2, -0.15) is 0 Å². The number of hydrogen-bond acceptors (Lipinski definition) is 5. The van der Waals surface area contributed by atoms with Gasteiger partial charge < -0.3 is 20.7 Å². The van der Waals surface area contributed by atoms with Gasteiger partial charge in [-0.05, 0) is 19.1 Å². The first-order valence-electron chi connectivity index (χ1n) is 4.95. The third-order valence-electron chi connectivity index (χ3n) is 2.15. The van der Waals surface area contributed by atoms with E-state index < -0.39 is 29.0 Å². The van der Waals surface area contributed by atoms with Gasteiger partial charge in [-0.1, -0.05) is 0 Å². The second kappa shape index (κ2) is 5.17. The molecule has 0 saturated carbocycles. The smallest absolute Gasteiger partial charge is 0.340 e. The molecule has 1 rings (SSSR count). The van der Waals surface area contributed by atoms with Crippen LogP contribution in [-0.2, 0) is 4.74 Å². The quantitative estimate of drug-likeness (QED) is 0.535. The van der Waals surface area contributed by atoms with Gasteiger partial charge >= 0.3 is 17.9 Å². The van der Waals surface area contributed by atoms with E-state index in [0.717, 1.165) is 12.1 Å². The average molecular weight is 253 g/mol. The fourth-order valence-electron chi connectivity index (χ4n) is 1.36. The molecule has 7 heteroatoms. The molecule has 18 heavy (non-hydrogen) atoms. The summed E-state index contributed by atoms with van der Waals surface area (Å²) in [5, 5.41) is 17.7. The maximum Gasteiger partial charge on any atom is 0.340 e. The van der Waals surface area contributed by atoms with Crippen molar-refractivity contribution in [1.82, 2.24) is 0 Å². The minimum atomic E-state index is -1.46. The number of nitrogen functional groups attached to an aromatic ring is 1. The topological polar surface area (TPSA) is 127 Å². The lowest BCUT2D eigenvalue weighted by Gasteiger charge is -2.08. The summed E-state index contributed by atoms with van der Waals surface area (Å²) in [6.45, 7) is 1.68. The van der Waals surface area contributed by atoms with Crippen LogP contribution >= 0.6 is 0 Å². The van der Waals surface area contributed by atoms with Crippen molar-refractivity contribution in [3.8, 4) is 0 Å². The van der Waals surface area contributed by atoms with Crippen LogP contribution in [-0.4, -0.2) is 34.7 Å². The monoisotopic (exact) mass is 253 g/mol. The number of benzene rings is 1. The molecular formula is C11H11NO6. The van der Waals surface area contributed by atoms with Gasteiger partial charge in [0.2, 0.25) is 0 Å². The normalized spacial score (nSPS) is 9.83. The van der Waals surface area contributed by atoms with Crippen LogP contribution in [0.1, 0.15) is 38.0 Å². The molecule has 4 N–H and O–H groups in total. The van der Waals surface area contributed by atoms with Crippen LogP contribution < -0.4 is 5.73 Å². The Morgan fingerprint density at radius 1 is 1.11 bits per heavy atom. The van der Waals surface area contributed by atoms with Crippen LogP contribution in [0.25, 0.3) is 0 Å². The number of aromatic carboxylic acids is 2. The Kier molecular flexibility index (Phi) is 3.88. The third-order valence-corrected chi connectivity index (χ3v) is 2.15. The number of carboxylic acids is 2. The number of nitrogens with two attached hydrogens (primary N) is 1. The second-order valence-corrected chi connectivity index (χ2v) is 3.32. The van der Waals surface area contributed by atoms with E-state index >= 15 is 0 Å². The number of rotatable bonds is 4. The lowest BCUT2D eigenvalue weighted by molar-refractivity contribution is 0.0526. The summed E-state index contributed by atoms with van der Waals surface area (Å²) in [4.78, 5) is 33.2. The van der Waals surface area contributed by atoms with Crippen molar-refractivity contribution in [3.05, 3.63) is 28.8 Å². The number of carboxylic acid groups (broad SMARTS) is 2. The van der Waals surface area contributed by atoms with Gasteiger partial charge in [0.05, 0.1) is 23.3 Å². The minimum Gasteiger partial charge on any atom is -0.478 e. The third kappa shape index (κ3) is 2.57. The van der Waals surface area contributed by atoms with Crippen molar-refractivity contribution >= 4 is 23.6 Å². The largest absolute Gasteiger partial charge is 0.478 e. The molecule has 1 aromatic rings. The van der Waals surface area contributed by atoms with E-state index in [1.54, 1.807) is 6.92 Å². The zero-order valence-electron chi connectivity index (χ0n) is 9.47. The van der Waals surface area contributed by atoms with Gasteiger partial charge in [-0.3, -0.25) is 0 Å². The van der Waals surface area contributed by atoms with E-state index in [9.17, 15) is 14.4 Å². The molecule has 0 aliphatic rings. The summed E-state index contributed by atoms with van der Waals surface area (Å²) in [6.07, 6.45) is 0. The van der Waals surface area contributed by atoms with Crippen LogP contribution in [0.4, 0.5) is 5.69 Å². The number of carbonyl (C=O) groups excluding carboxylic acids is 1. The van der Waals surface area contributed by atoms with Gasteiger partial charge in [0.1, 0.15) is 0 Å². The summed E-state index contributed by atoms with van der Waals surface area (Å²) >= 11 is 0. The SMILES string of the molecule is CCOC(=O)c1cc(C(=O)O)c(C(=O)O)cc1N. The standard InChI is InChI=1S/C11H11NO6/c1-2-18-11(17)7-3-5(9(13)14)6(10(15)16)4-8(7)12/h3-4H,2,12H2,1H3,(H,13,14)(H,15,16). The number of anilines is 1. The molecule has 0 fully saturated rings. The summed E-state index contributed by atoms with van der Waals surface area (Å²) in [5.41, 5.74) is 4.20. The molecule has 0 aromatic heterocycles. The number of hydrogen-bond donors (Lipinski definition) is 3. The average Bonchev–Trinajstić information content (AvgIpc) is 2.28. The Bertz CT molecular complexity index is 523. The van der Waals surface area contributed by atoms with Gasteiger partial charge in [-0.15, -0.1) is 0 Å². The fourth-order valence-corrected chi connectivity index (χ4v) is 1.36. The van der Waals surface area contributed by atoms with Crippen molar-refractivity contribution in [2.45, 2.75) is 6.92 Å². The molecule has 1 aromatic carbocycles. The molecule has 0 aliphatic heterocycles. The van der Waals surface area contributed by atoms with Crippen molar-refractivity contribution in [1.29, 1.82) is 0 Å². The van der Waals surface area contributed by atoms with E-state index in [4.69, 9.17) is 15.9 Å². The summed E-state index contributed by atoms with van der Waals surface area (Å²) < 4.78 is 4.68. The van der Waals surface area contributed by atoms with Crippen molar-refractivity contribution in [3.63, 3.8) is 0 Å². The lowest BCUT2D eigenvalue weighted by Crippen LogP contribution is -2.14. The van der Waals surface area contributed by atoms with Crippen LogP contribution in [0, 0.1) is 0 Å². The second-order valence-electron chi connectivity index (χ2n) is 3.32. The Morgan fingerprint density at radius 2 is 1.61 bits per heavy atom. The fraction of sp³-hybridized carbons (Fsp3) is 0.182. The molecule has 0 amide bonds. The molecule has 0 bridgehead atoms. The van der Waals surface area contributed by atoms with Crippen LogP contribution in [0.5, 0.6) is 0 Å². The van der Waals surface area contributed by atoms with Crippen LogP contribution in [0.2, 0.25) is 0 Å². The molecule has 0 aliphatic carbocycles. The van der Waals surface area contributed by atoms with E-state index in [0.29, 0.717) is 0 Å². The number of esters is 1. The molecule has 0 atom stereocenters. The van der Waals surface area contributed by atoms with Crippen molar-refractivity contribution < 1.29 is 29.3 Å². The van der Waals surface area contributed by atoms with Gasteiger partial charge in [0, 0.05) is 5.69 Å². The predicted molar refractivity (Wildman–Crippen MR) is 60.7 cm³/mol. The van der Waals surface area contributed by atoms with Gasteiger partial charge in [-0.25, -0.2) is 14.4 Å². The van der Waals surface area contributed by atoms with Crippen LogP contribution in [0.3, 0.4) is 0 Å². The molecule has 0 unspecified atom stereocenters. The van der Waals surface area contributed by atoms with Gasteiger partial charge in [0.15, 0.2) is 0 Å². The first-order chi connectivity index (χ1) is 8.38. The van der Waals surface area contributed by atoms with Crippen molar-refractivity contribution in [2.75, 3.05) is 12.3 Å². The van der Waals surface area contributed by atoms with Gasteiger partial charge in [0.25, 0.3) is 0 Å². The van der Waals surface area contributed by atoms with E-state index in [1.807, 2.05) is 0 Å². The Labute approximate surface area is 102 Å². The lowest BCUT2D eigenvalue weighted by atomic mass is 10.0. The maximum atomic E-state index is 11.5. The Morgan fingerprint density at radius 3 is 2.06 bits per heavy atom. The molecule has 0 radical (unpaired) electrons. The van der Waals surface area contributed by atoms with E-state index in [1.165, 1.54) is 0 Å².